The van der Waals surface area contributed by atoms with Gasteiger partial charge in [0.15, 0.2) is 6.29 Å². The van der Waals surface area contributed by atoms with E-state index in [1.165, 1.54) is 5.56 Å². The molecule has 0 aliphatic rings. The fourth-order valence-corrected chi connectivity index (χ4v) is 3.36. The maximum absolute atomic E-state index is 11.2. The van der Waals surface area contributed by atoms with Crippen molar-refractivity contribution < 1.29 is 4.79 Å². The molecular formula is C17H13Br2NO. The Morgan fingerprint density at radius 2 is 1.90 bits per heavy atom. The van der Waals surface area contributed by atoms with Gasteiger partial charge in [0.05, 0.1) is 0 Å². The second-order valence-electron chi connectivity index (χ2n) is 4.90. The van der Waals surface area contributed by atoms with Crippen LogP contribution in [-0.2, 0) is 13.0 Å². The van der Waals surface area contributed by atoms with E-state index in [0.29, 0.717) is 0 Å². The number of aromatic nitrogens is 1. The largest absolute Gasteiger partial charge is 0.346 e. The number of carbonyl (C=O) groups excluding carboxylic acids is 1. The number of rotatable bonds is 4. The molecule has 21 heavy (non-hydrogen) atoms. The monoisotopic (exact) mass is 405 g/mol. The number of fused-ring (bicyclic) bond motifs is 1. The number of aldehydes is 1. The Morgan fingerprint density at radius 3 is 2.67 bits per heavy atom. The normalized spacial score (nSPS) is 11.0. The van der Waals surface area contributed by atoms with Crippen molar-refractivity contribution >= 4 is 49.0 Å². The Bertz CT molecular complexity index is 808. The molecule has 0 N–H and O–H groups in total. The van der Waals surface area contributed by atoms with Crippen LogP contribution in [0.3, 0.4) is 0 Å². The fourth-order valence-electron chi connectivity index (χ4n) is 2.52. The first-order valence-corrected chi connectivity index (χ1v) is 8.24. The molecule has 0 radical (unpaired) electrons. The number of aryl methyl sites for hydroxylation is 2. The summed E-state index contributed by atoms with van der Waals surface area (Å²) in [5.41, 5.74) is 3.09. The summed E-state index contributed by atoms with van der Waals surface area (Å²) in [6.45, 7) is 0.842. The Hall–Kier alpha value is -1.39. The third-order valence-corrected chi connectivity index (χ3v) is 4.85. The van der Waals surface area contributed by atoms with Crippen LogP contribution in [0.1, 0.15) is 15.9 Å². The summed E-state index contributed by atoms with van der Waals surface area (Å²) in [6, 6.07) is 14.3. The van der Waals surface area contributed by atoms with Gasteiger partial charge in [0.2, 0.25) is 0 Å². The van der Waals surface area contributed by atoms with Crippen LogP contribution in [0, 0.1) is 0 Å². The van der Waals surface area contributed by atoms with Gasteiger partial charge in [-0.25, -0.2) is 0 Å². The van der Waals surface area contributed by atoms with Gasteiger partial charge >= 0.3 is 0 Å². The summed E-state index contributed by atoms with van der Waals surface area (Å²) in [4.78, 5) is 11.2. The highest BCUT2D eigenvalue weighted by molar-refractivity contribution is 9.10. The predicted octanol–water partition coefficient (Wildman–Crippen LogP) is 5.22. The second-order valence-corrected chi connectivity index (χ2v) is 6.67. The van der Waals surface area contributed by atoms with Crippen LogP contribution in [0.2, 0.25) is 0 Å². The molecule has 0 saturated carbocycles. The van der Waals surface area contributed by atoms with Crippen molar-refractivity contribution in [3.63, 3.8) is 0 Å². The molecule has 3 aromatic rings. The zero-order valence-corrected chi connectivity index (χ0v) is 14.4. The van der Waals surface area contributed by atoms with E-state index < -0.39 is 0 Å². The highest BCUT2D eigenvalue weighted by Crippen LogP contribution is 2.25. The lowest BCUT2D eigenvalue weighted by molar-refractivity contribution is 0.112. The van der Waals surface area contributed by atoms with E-state index in [-0.39, 0.29) is 0 Å². The summed E-state index contributed by atoms with van der Waals surface area (Å²) in [5.74, 6) is 0. The Morgan fingerprint density at radius 1 is 1.10 bits per heavy atom. The summed E-state index contributed by atoms with van der Waals surface area (Å²) in [6.07, 6.45) is 3.77. The molecule has 4 heteroatoms. The first kappa shape index (κ1) is 14.5. The first-order chi connectivity index (χ1) is 10.2. The minimum Gasteiger partial charge on any atom is -0.346 e. The summed E-state index contributed by atoms with van der Waals surface area (Å²) in [7, 11) is 0. The van der Waals surface area contributed by atoms with Crippen molar-refractivity contribution in [2.45, 2.75) is 13.0 Å². The third kappa shape index (κ3) is 2.97. The average Bonchev–Trinajstić information content (AvgIpc) is 2.83. The molecule has 0 spiro atoms. The van der Waals surface area contributed by atoms with Crippen molar-refractivity contribution in [1.29, 1.82) is 0 Å². The molecular weight excluding hydrogens is 394 g/mol. The first-order valence-electron chi connectivity index (χ1n) is 6.66. The molecule has 0 bridgehead atoms. The average molecular weight is 407 g/mol. The van der Waals surface area contributed by atoms with Crippen molar-refractivity contribution in [3.05, 3.63) is 68.7 Å². The minimum absolute atomic E-state index is 0.735. The Labute approximate surface area is 140 Å². The maximum Gasteiger partial charge on any atom is 0.152 e. The van der Waals surface area contributed by atoms with Crippen LogP contribution < -0.4 is 0 Å². The lowest BCUT2D eigenvalue weighted by Gasteiger charge is -2.07. The van der Waals surface area contributed by atoms with Crippen molar-refractivity contribution in [3.8, 4) is 0 Å². The number of hydrogen-bond donors (Lipinski definition) is 0. The van der Waals surface area contributed by atoms with Gasteiger partial charge in [0.25, 0.3) is 0 Å². The molecule has 0 fully saturated rings. The van der Waals surface area contributed by atoms with Crippen molar-refractivity contribution in [2.75, 3.05) is 0 Å². The van der Waals surface area contributed by atoms with Gasteiger partial charge in [-0.2, -0.15) is 0 Å². The molecule has 2 aromatic carbocycles. The van der Waals surface area contributed by atoms with Gasteiger partial charge in [-0.15, -0.1) is 0 Å². The molecule has 0 amide bonds. The van der Waals surface area contributed by atoms with Gasteiger partial charge in [0.1, 0.15) is 0 Å². The molecule has 0 saturated heterocycles. The zero-order valence-electron chi connectivity index (χ0n) is 11.2. The van der Waals surface area contributed by atoms with Crippen LogP contribution >= 0.6 is 31.9 Å². The van der Waals surface area contributed by atoms with E-state index in [2.05, 4.69) is 48.6 Å². The van der Waals surface area contributed by atoms with Crippen LogP contribution in [0.25, 0.3) is 10.9 Å². The number of benzene rings is 2. The number of hydrogen-bond acceptors (Lipinski definition) is 1. The molecule has 2 nitrogen and oxygen atoms in total. The highest BCUT2D eigenvalue weighted by atomic mass is 79.9. The molecule has 0 aliphatic heterocycles. The molecule has 0 unspecified atom stereocenters. The molecule has 3 rings (SSSR count). The van der Waals surface area contributed by atoms with E-state index in [1.807, 2.05) is 36.5 Å². The van der Waals surface area contributed by atoms with Crippen molar-refractivity contribution in [2.24, 2.45) is 0 Å². The van der Waals surface area contributed by atoms with Gasteiger partial charge in [-0.3, -0.25) is 4.79 Å². The Balaban J connectivity index is 1.94. The predicted molar refractivity (Wildman–Crippen MR) is 92.9 cm³/mol. The van der Waals surface area contributed by atoms with Crippen LogP contribution in [0.15, 0.2) is 57.6 Å². The standard InChI is InChI=1S/C17H13Br2NO/c18-14-5-6-17-15(9-14)13(11-21)10-20(17)8-7-12-3-1-2-4-16(12)19/h1-6,9-11H,7-8H2. The Kier molecular flexibility index (Phi) is 4.27. The summed E-state index contributed by atoms with van der Waals surface area (Å²) < 4.78 is 4.26. The number of nitrogens with zero attached hydrogens (tertiary/aromatic N) is 1. The quantitative estimate of drug-likeness (QED) is 0.544. The number of halogens is 2. The smallest absolute Gasteiger partial charge is 0.152 e. The number of carbonyl (C=O) groups is 1. The fraction of sp³-hybridized carbons (Fsp3) is 0.118. The SMILES string of the molecule is O=Cc1cn(CCc2ccccc2Br)c2ccc(Br)cc12. The van der Waals surface area contributed by atoms with E-state index in [1.54, 1.807) is 0 Å². The summed E-state index contributed by atoms with van der Waals surface area (Å²) in [5, 5.41) is 0.992. The van der Waals surface area contributed by atoms with E-state index in [9.17, 15) is 4.79 Å². The van der Waals surface area contributed by atoms with E-state index in [0.717, 1.165) is 44.7 Å². The van der Waals surface area contributed by atoms with Crippen molar-refractivity contribution in [1.82, 2.24) is 4.57 Å². The highest BCUT2D eigenvalue weighted by Gasteiger charge is 2.09. The second kappa shape index (κ2) is 6.16. The maximum atomic E-state index is 11.2. The molecule has 1 heterocycles. The van der Waals surface area contributed by atoms with Gasteiger partial charge in [-0.05, 0) is 36.2 Å². The topological polar surface area (TPSA) is 22.0 Å². The van der Waals surface area contributed by atoms with E-state index in [4.69, 9.17) is 0 Å². The summed E-state index contributed by atoms with van der Waals surface area (Å²) >= 11 is 7.04. The van der Waals surface area contributed by atoms with Gasteiger partial charge in [-0.1, -0.05) is 50.1 Å². The molecule has 0 aliphatic carbocycles. The lowest BCUT2D eigenvalue weighted by atomic mass is 10.1. The minimum atomic E-state index is 0.735. The molecule has 106 valence electrons. The van der Waals surface area contributed by atoms with Crippen LogP contribution in [0.5, 0.6) is 0 Å². The van der Waals surface area contributed by atoms with Gasteiger partial charge < -0.3 is 4.57 Å². The third-order valence-electron chi connectivity index (χ3n) is 3.58. The van der Waals surface area contributed by atoms with Crippen LogP contribution in [0.4, 0.5) is 0 Å². The molecule has 0 atom stereocenters. The van der Waals surface area contributed by atoms with Gasteiger partial charge in [0, 0.05) is 38.2 Å². The zero-order chi connectivity index (χ0) is 14.8. The van der Waals surface area contributed by atoms with E-state index >= 15 is 0 Å². The van der Waals surface area contributed by atoms with Crippen LogP contribution in [-0.4, -0.2) is 10.9 Å². The lowest BCUT2D eigenvalue weighted by Crippen LogP contribution is -2.00. The molecule has 1 aromatic heterocycles.